The summed E-state index contributed by atoms with van der Waals surface area (Å²) in [6.07, 6.45) is 2.38. The van der Waals surface area contributed by atoms with Gasteiger partial charge in [0.15, 0.2) is 0 Å². The molecule has 2 aromatic carbocycles. The molecule has 0 aromatic heterocycles. The monoisotopic (exact) mass is 294 g/mol. The topological polar surface area (TPSA) is 49.4 Å². The van der Waals surface area contributed by atoms with E-state index in [1.54, 1.807) is 4.90 Å². The van der Waals surface area contributed by atoms with Crippen LogP contribution in [0.2, 0.25) is 0 Å². The summed E-state index contributed by atoms with van der Waals surface area (Å²) in [7, 11) is 0. The Hall–Kier alpha value is -2.36. The van der Waals surface area contributed by atoms with Crippen LogP contribution in [-0.2, 0) is 4.79 Å². The Bertz CT molecular complexity index is 775. The fraction of sp³-hybridized carbons (Fsp3) is 0.333. The maximum absolute atomic E-state index is 12.6. The lowest BCUT2D eigenvalue weighted by atomic mass is 10.1. The zero-order chi connectivity index (χ0) is 15.3. The lowest BCUT2D eigenvalue weighted by molar-refractivity contribution is -0.120. The van der Waals surface area contributed by atoms with Crippen LogP contribution in [0.4, 0.5) is 5.69 Å². The zero-order valence-corrected chi connectivity index (χ0v) is 12.5. The lowest BCUT2D eigenvalue weighted by Gasteiger charge is -2.19. The second-order valence-corrected chi connectivity index (χ2v) is 6.27. The summed E-state index contributed by atoms with van der Waals surface area (Å²) in [6, 6.07) is 11.7. The number of nitrogens with one attached hydrogen (secondary N) is 1. The minimum absolute atomic E-state index is 0.0824. The number of hydrogen-bond acceptors (Lipinski definition) is 2. The standard InChI is InChI=1S/C18H18N2O2/c1-11(12-8-9-12)19-16(21)10-20-15-7-3-5-13-4-2-6-14(17(13)15)18(20)22/h2-7,11-12H,8-10H2,1H3,(H,19,21)/t11-/m0/s1. The Kier molecular flexibility index (Phi) is 2.93. The number of carbonyl (C=O) groups excluding carboxylic acids is 2. The molecule has 4 nitrogen and oxygen atoms in total. The number of nitrogens with zero attached hydrogens (tertiary/aromatic N) is 1. The molecule has 2 amide bonds. The van der Waals surface area contributed by atoms with E-state index in [0.29, 0.717) is 11.5 Å². The first-order chi connectivity index (χ1) is 10.6. The summed E-state index contributed by atoms with van der Waals surface area (Å²) in [5.41, 5.74) is 1.53. The predicted molar refractivity (Wildman–Crippen MR) is 86.0 cm³/mol. The molecule has 4 rings (SSSR count). The van der Waals surface area contributed by atoms with Crippen molar-refractivity contribution in [1.29, 1.82) is 0 Å². The van der Waals surface area contributed by atoms with Gasteiger partial charge in [-0.1, -0.05) is 24.3 Å². The van der Waals surface area contributed by atoms with E-state index in [0.717, 1.165) is 16.5 Å². The minimum Gasteiger partial charge on any atom is -0.352 e. The van der Waals surface area contributed by atoms with E-state index in [2.05, 4.69) is 5.32 Å². The van der Waals surface area contributed by atoms with Gasteiger partial charge in [0.2, 0.25) is 5.91 Å². The van der Waals surface area contributed by atoms with Crippen LogP contribution in [0.5, 0.6) is 0 Å². The molecule has 1 aliphatic carbocycles. The summed E-state index contributed by atoms with van der Waals surface area (Å²) >= 11 is 0. The highest BCUT2D eigenvalue weighted by atomic mass is 16.2. The molecular formula is C18H18N2O2. The van der Waals surface area contributed by atoms with Crippen molar-refractivity contribution in [2.75, 3.05) is 11.4 Å². The van der Waals surface area contributed by atoms with E-state index >= 15 is 0 Å². The van der Waals surface area contributed by atoms with Crippen LogP contribution in [0.1, 0.15) is 30.1 Å². The van der Waals surface area contributed by atoms with Crippen LogP contribution in [0.3, 0.4) is 0 Å². The molecule has 2 aliphatic rings. The van der Waals surface area contributed by atoms with Crippen molar-refractivity contribution in [3.05, 3.63) is 42.0 Å². The van der Waals surface area contributed by atoms with Gasteiger partial charge in [0.25, 0.3) is 5.91 Å². The Morgan fingerprint density at radius 1 is 1.27 bits per heavy atom. The smallest absolute Gasteiger partial charge is 0.259 e. The molecule has 1 heterocycles. The highest BCUT2D eigenvalue weighted by Gasteiger charge is 2.33. The molecule has 1 fully saturated rings. The SMILES string of the molecule is C[C@H](NC(=O)CN1C(=O)c2cccc3cccc1c23)C1CC1. The molecule has 0 bridgehead atoms. The number of benzene rings is 2. The van der Waals surface area contributed by atoms with Gasteiger partial charge < -0.3 is 5.32 Å². The number of anilines is 1. The highest BCUT2D eigenvalue weighted by molar-refractivity contribution is 6.26. The molecular weight excluding hydrogens is 276 g/mol. The van der Waals surface area contributed by atoms with Gasteiger partial charge in [0.05, 0.1) is 5.69 Å². The molecule has 4 heteroatoms. The Balaban J connectivity index is 1.60. The van der Waals surface area contributed by atoms with Crippen molar-refractivity contribution < 1.29 is 9.59 Å². The van der Waals surface area contributed by atoms with Crippen molar-refractivity contribution in [2.24, 2.45) is 5.92 Å². The van der Waals surface area contributed by atoms with E-state index in [9.17, 15) is 9.59 Å². The van der Waals surface area contributed by atoms with E-state index in [-0.39, 0.29) is 24.4 Å². The summed E-state index contributed by atoms with van der Waals surface area (Å²) < 4.78 is 0. The van der Waals surface area contributed by atoms with Gasteiger partial charge in [-0.2, -0.15) is 0 Å². The van der Waals surface area contributed by atoms with Gasteiger partial charge in [0, 0.05) is 17.0 Å². The van der Waals surface area contributed by atoms with Gasteiger partial charge in [-0.25, -0.2) is 0 Å². The summed E-state index contributed by atoms with van der Waals surface area (Å²) in [5, 5.41) is 5.01. The number of rotatable bonds is 4. The molecule has 22 heavy (non-hydrogen) atoms. The van der Waals surface area contributed by atoms with Crippen molar-refractivity contribution in [2.45, 2.75) is 25.8 Å². The molecule has 1 N–H and O–H groups in total. The number of amides is 2. The van der Waals surface area contributed by atoms with E-state index in [4.69, 9.17) is 0 Å². The molecule has 0 radical (unpaired) electrons. The first-order valence-corrected chi connectivity index (χ1v) is 7.78. The number of hydrogen-bond donors (Lipinski definition) is 1. The number of carbonyl (C=O) groups is 2. The molecule has 1 saturated carbocycles. The third kappa shape index (κ3) is 2.06. The molecule has 1 atom stereocenters. The van der Waals surface area contributed by atoms with Gasteiger partial charge in [-0.15, -0.1) is 0 Å². The minimum atomic E-state index is -0.0856. The largest absolute Gasteiger partial charge is 0.352 e. The van der Waals surface area contributed by atoms with Gasteiger partial charge in [0.1, 0.15) is 6.54 Å². The van der Waals surface area contributed by atoms with E-state index in [1.807, 2.05) is 43.3 Å². The molecule has 0 unspecified atom stereocenters. The maximum atomic E-state index is 12.6. The van der Waals surface area contributed by atoms with E-state index in [1.165, 1.54) is 12.8 Å². The van der Waals surface area contributed by atoms with Crippen molar-refractivity contribution in [3.8, 4) is 0 Å². The third-order valence-corrected chi connectivity index (χ3v) is 4.67. The van der Waals surface area contributed by atoms with Crippen LogP contribution in [0, 0.1) is 5.92 Å². The lowest BCUT2D eigenvalue weighted by Crippen LogP contribution is -2.43. The molecule has 0 spiro atoms. The fourth-order valence-electron chi connectivity index (χ4n) is 3.29. The van der Waals surface area contributed by atoms with Crippen molar-refractivity contribution in [3.63, 3.8) is 0 Å². The van der Waals surface area contributed by atoms with Crippen LogP contribution in [0.15, 0.2) is 36.4 Å². The second kappa shape index (κ2) is 4.83. The normalized spacial score (nSPS) is 17.9. The molecule has 1 aliphatic heterocycles. The van der Waals surface area contributed by atoms with Crippen LogP contribution >= 0.6 is 0 Å². The van der Waals surface area contributed by atoms with Gasteiger partial charge in [-0.05, 0) is 43.2 Å². The molecule has 112 valence electrons. The fourth-order valence-corrected chi connectivity index (χ4v) is 3.29. The Morgan fingerprint density at radius 3 is 2.73 bits per heavy atom. The summed E-state index contributed by atoms with van der Waals surface area (Å²) in [4.78, 5) is 26.4. The molecule has 0 saturated heterocycles. The quantitative estimate of drug-likeness (QED) is 0.942. The van der Waals surface area contributed by atoms with Crippen molar-refractivity contribution in [1.82, 2.24) is 5.32 Å². The van der Waals surface area contributed by atoms with Gasteiger partial charge >= 0.3 is 0 Å². The van der Waals surface area contributed by atoms with Gasteiger partial charge in [-0.3, -0.25) is 14.5 Å². The average Bonchev–Trinajstić information content (AvgIpc) is 3.32. The highest BCUT2D eigenvalue weighted by Crippen LogP contribution is 2.37. The Morgan fingerprint density at radius 2 is 2.00 bits per heavy atom. The van der Waals surface area contributed by atoms with E-state index < -0.39 is 0 Å². The second-order valence-electron chi connectivity index (χ2n) is 6.27. The van der Waals surface area contributed by atoms with Crippen molar-refractivity contribution >= 4 is 28.3 Å². The first-order valence-electron chi connectivity index (χ1n) is 7.78. The first kappa shape index (κ1) is 13.3. The predicted octanol–water partition coefficient (Wildman–Crippen LogP) is 2.71. The zero-order valence-electron chi connectivity index (χ0n) is 12.5. The average molecular weight is 294 g/mol. The summed E-state index contributed by atoms with van der Waals surface area (Å²) in [6.45, 7) is 2.13. The molecule has 2 aromatic rings. The van der Waals surface area contributed by atoms with Crippen LogP contribution < -0.4 is 10.2 Å². The summed E-state index contributed by atoms with van der Waals surface area (Å²) in [5.74, 6) is 0.442. The maximum Gasteiger partial charge on any atom is 0.259 e. The Labute approximate surface area is 129 Å². The third-order valence-electron chi connectivity index (χ3n) is 4.67. The van der Waals surface area contributed by atoms with Crippen LogP contribution in [-0.4, -0.2) is 24.4 Å². The van der Waals surface area contributed by atoms with Crippen LogP contribution in [0.25, 0.3) is 10.8 Å².